The van der Waals surface area contributed by atoms with Crippen LogP contribution in [0.5, 0.6) is 11.5 Å². The second kappa shape index (κ2) is 9.24. The summed E-state index contributed by atoms with van der Waals surface area (Å²) in [5, 5.41) is 12.2. The zero-order valence-corrected chi connectivity index (χ0v) is 15.9. The van der Waals surface area contributed by atoms with E-state index in [2.05, 4.69) is 5.32 Å². The van der Waals surface area contributed by atoms with Gasteiger partial charge in [0.15, 0.2) is 0 Å². The third-order valence-corrected chi connectivity index (χ3v) is 4.85. The van der Waals surface area contributed by atoms with Gasteiger partial charge in [-0.15, -0.1) is 11.3 Å². The summed E-state index contributed by atoms with van der Waals surface area (Å²) < 4.78 is 10.6. The minimum absolute atomic E-state index is 0.0431. The molecule has 1 unspecified atom stereocenters. The summed E-state index contributed by atoms with van der Waals surface area (Å²) in [5.41, 5.74) is 0.875. The normalized spacial score (nSPS) is 11.7. The van der Waals surface area contributed by atoms with E-state index in [0.717, 1.165) is 16.2 Å². The van der Waals surface area contributed by atoms with E-state index in [-0.39, 0.29) is 12.5 Å². The highest BCUT2D eigenvalue weighted by atomic mass is 32.1. The maximum Gasteiger partial charge on any atom is 0.308 e. The Bertz CT molecular complexity index is 754. The maximum atomic E-state index is 12.3. The summed E-state index contributed by atoms with van der Waals surface area (Å²) in [6, 6.07) is 9.10. The van der Waals surface area contributed by atoms with Crippen molar-refractivity contribution in [3.05, 3.63) is 45.6 Å². The van der Waals surface area contributed by atoms with Crippen LogP contribution in [0.3, 0.4) is 0 Å². The number of benzene rings is 1. The lowest BCUT2D eigenvalue weighted by Gasteiger charge is -2.14. The molecule has 0 aliphatic carbocycles. The van der Waals surface area contributed by atoms with Gasteiger partial charge in [-0.05, 0) is 44.0 Å². The molecule has 140 valence electrons. The number of hydrogen-bond donors (Lipinski definition) is 2. The largest absolute Gasteiger partial charge is 0.495 e. The fraction of sp³-hybridized carbons (Fsp3) is 0.368. The summed E-state index contributed by atoms with van der Waals surface area (Å²) >= 11 is 1.32. The van der Waals surface area contributed by atoms with Crippen LogP contribution in [-0.2, 0) is 11.2 Å². The molecule has 6 nitrogen and oxygen atoms in total. The lowest BCUT2D eigenvalue weighted by molar-refractivity contribution is -0.141. The Morgan fingerprint density at radius 2 is 1.96 bits per heavy atom. The van der Waals surface area contributed by atoms with Crippen molar-refractivity contribution < 1.29 is 24.2 Å². The van der Waals surface area contributed by atoms with Gasteiger partial charge in [0.05, 0.1) is 19.6 Å². The fourth-order valence-electron chi connectivity index (χ4n) is 2.52. The molecule has 0 saturated carbocycles. The lowest BCUT2D eigenvalue weighted by Crippen LogP contribution is -2.33. The Labute approximate surface area is 156 Å². The molecule has 0 spiro atoms. The summed E-state index contributed by atoms with van der Waals surface area (Å²) in [6.45, 7) is 4.41. The van der Waals surface area contributed by atoms with E-state index in [1.165, 1.54) is 18.4 Å². The van der Waals surface area contributed by atoms with E-state index in [1.54, 1.807) is 6.07 Å². The average molecular weight is 377 g/mol. The van der Waals surface area contributed by atoms with Crippen LogP contribution in [0.1, 0.15) is 27.0 Å². The van der Waals surface area contributed by atoms with Crippen molar-refractivity contribution >= 4 is 23.2 Å². The summed E-state index contributed by atoms with van der Waals surface area (Å²) in [6.07, 6.45) is 0.322. The van der Waals surface area contributed by atoms with Crippen LogP contribution in [0.15, 0.2) is 30.3 Å². The minimum atomic E-state index is -0.950. The Morgan fingerprint density at radius 1 is 1.27 bits per heavy atom. The Morgan fingerprint density at radius 3 is 2.54 bits per heavy atom. The second-order valence-corrected chi connectivity index (χ2v) is 7.04. The Kier molecular flexibility index (Phi) is 7.03. The third-order valence-electron chi connectivity index (χ3n) is 3.82. The van der Waals surface area contributed by atoms with E-state index < -0.39 is 11.9 Å². The van der Waals surface area contributed by atoms with Gasteiger partial charge in [0, 0.05) is 11.4 Å². The van der Waals surface area contributed by atoms with Gasteiger partial charge in [-0.3, -0.25) is 9.59 Å². The number of amides is 1. The van der Waals surface area contributed by atoms with Crippen LogP contribution >= 0.6 is 11.3 Å². The number of carbonyl (C=O) groups excluding carboxylic acids is 1. The van der Waals surface area contributed by atoms with E-state index in [0.29, 0.717) is 23.7 Å². The predicted molar refractivity (Wildman–Crippen MR) is 100 cm³/mol. The number of aliphatic carboxylic acids is 1. The highest BCUT2D eigenvalue weighted by Crippen LogP contribution is 2.28. The van der Waals surface area contributed by atoms with Gasteiger partial charge in [-0.2, -0.15) is 0 Å². The van der Waals surface area contributed by atoms with Crippen molar-refractivity contribution in [2.75, 3.05) is 20.3 Å². The van der Waals surface area contributed by atoms with Crippen LogP contribution in [-0.4, -0.2) is 37.2 Å². The Hall–Kier alpha value is -2.54. The summed E-state index contributed by atoms with van der Waals surface area (Å²) in [7, 11) is 1.50. The van der Waals surface area contributed by atoms with Crippen molar-refractivity contribution in [2.45, 2.75) is 20.3 Å². The van der Waals surface area contributed by atoms with Crippen LogP contribution in [0.25, 0.3) is 0 Å². The number of aryl methyl sites for hydroxylation is 1. The van der Waals surface area contributed by atoms with Crippen molar-refractivity contribution in [1.29, 1.82) is 0 Å². The molecule has 2 rings (SSSR count). The average Bonchev–Trinajstić information content (AvgIpc) is 3.00. The van der Waals surface area contributed by atoms with Gasteiger partial charge in [-0.25, -0.2) is 0 Å². The first-order valence-corrected chi connectivity index (χ1v) is 9.13. The molecule has 0 aliphatic heterocycles. The van der Waals surface area contributed by atoms with Crippen molar-refractivity contribution in [3.63, 3.8) is 0 Å². The number of nitrogens with one attached hydrogen (secondary N) is 1. The number of rotatable bonds is 9. The molecular weight excluding hydrogens is 354 g/mol. The van der Waals surface area contributed by atoms with Gasteiger partial charge >= 0.3 is 5.97 Å². The smallest absolute Gasteiger partial charge is 0.308 e. The van der Waals surface area contributed by atoms with Crippen LogP contribution in [0, 0.1) is 12.8 Å². The number of thiophene rings is 1. The standard InChI is InChI=1S/C19H23NO5S/c1-4-25-15-7-5-13(6-8-15)10-14(19(22)23)11-20-18(21)17-16(24-3)9-12(2)26-17/h5-9,14H,4,10-11H2,1-3H3,(H,20,21)(H,22,23). The first-order valence-electron chi connectivity index (χ1n) is 8.31. The predicted octanol–water partition coefficient (Wildman–Crippen LogP) is 3.14. The summed E-state index contributed by atoms with van der Waals surface area (Å²) in [4.78, 5) is 25.3. The molecule has 0 aliphatic rings. The van der Waals surface area contributed by atoms with Gasteiger partial charge in [0.2, 0.25) is 0 Å². The van der Waals surface area contributed by atoms with Gasteiger partial charge < -0.3 is 19.9 Å². The number of ether oxygens (including phenoxy) is 2. The summed E-state index contributed by atoms with van der Waals surface area (Å²) in [5.74, 6) is -0.740. The zero-order valence-electron chi connectivity index (χ0n) is 15.1. The van der Waals surface area contributed by atoms with E-state index in [9.17, 15) is 14.7 Å². The molecule has 0 bridgehead atoms. The SMILES string of the molecule is CCOc1ccc(CC(CNC(=O)c2sc(C)cc2OC)C(=O)O)cc1. The molecule has 1 aromatic carbocycles. The molecule has 1 heterocycles. The van der Waals surface area contributed by atoms with E-state index in [4.69, 9.17) is 9.47 Å². The molecule has 0 saturated heterocycles. The number of methoxy groups -OCH3 is 1. The number of carboxylic acids is 1. The Balaban J connectivity index is 1.99. The van der Waals surface area contributed by atoms with Gasteiger partial charge in [0.25, 0.3) is 5.91 Å². The molecule has 26 heavy (non-hydrogen) atoms. The quantitative estimate of drug-likeness (QED) is 0.701. The van der Waals surface area contributed by atoms with Gasteiger partial charge in [-0.1, -0.05) is 12.1 Å². The molecule has 1 atom stereocenters. The molecule has 0 fully saturated rings. The van der Waals surface area contributed by atoms with Crippen molar-refractivity contribution in [1.82, 2.24) is 5.32 Å². The molecule has 2 N–H and O–H groups in total. The highest BCUT2D eigenvalue weighted by Gasteiger charge is 2.21. The van der Waals surface area contributed by atoms with E-state index in [1.807, 2.05) is 38.1 Å². The molecule has 1 aromatic heterocycles. The van der Waals surface area contributed by atoms with Crippen molar-refractivity contribution in [3.8, 4) is 11.5 Å². The second-order valence-electron chi connectivity index (χ2n) is 5.78. The minimum Gasteiger partial charge on any atom is -0.495 e. The van der Waals surface area contributed by atoms with Crippen LogP contribution < -0.4 is 14.8 Å². The third kappa shape index (κ3) is 5.23. The molecule has 2 aromatic rings. The number of hydrogen-bond acceptors (Lipinski definition) is 5. The first kappa shape index (κ1) is 19.8. The molecular formula is C19H23NO5S. The number of carbonyl (C=O) groups is 2. The number of carboxylic acid groups (broad SMARTS) is 1. The van der Waals surface area contributed by atoms with E-state index >= 15 is 0 Å². The molecule has 0 radical (unpaired) electrons. The van der Waals surface area contributed by atoms with Crippen molar-refractivity contribution in [2.24, 2.45) is 5.92 Å². The van der Waals surface area contributed by atoms with Crippen LogP contribution in [0.2, 0.25) is 0 Å². The lowest BCUT2D eigenvalue weighted by atomic mass is 9.99. The fourth-order valence-corrected chi connectivity index (χ4v) is 3.41. The molecule has 7 heteroatoms. The maximum absolute atomic E-state index is 12.3. The molecule has 1 amide bonds. The topological polar surface area (TPSA) is 84.9 Å². The highest BCUT2D eigenvalue weighted by molar-refractivity contribution is 7.14. The monoisotopic (exact) mass is 377 g/mol. The van der Waals surface area contributed by atoms with Gasteiger partial charge in [0.1, 0.15) is 16.4 Å². The van der Waals surface area contributed by atoms with Crippen LogP contribution in [0.4, 0.5) is 0 Å². The first-order chi connectivity index (χ1) is 12.4. The zero-order chi connectivity index (χ0) is 19.1.